The van der Waals surface area contributed by atoms with Crippen LogP contribution in [0.5, 0.6) is 5.75 Å². The summed E-state index contributed by atoms with van der Waals surface area (Å²) in [4.78, 5) is 26.3. The standard InChI is InChI=1S/C11H15N3O4/c1-8(15)13-9-4-2-3-5-10(9)17-7-6-11(16)18-14-12/h2-5,14H,6-7,12H2,1H3,(H,13,15). The number of nitrogens with two attached hydrogens (primary N) is 1. The summed E-state index contributed by atoms with van der Waals surface area (Å²) >= 11 is 0. The molecule has 18 heavy (non-hydrogen) atoms. The Labute approximate surface area is 104 Å². The second-order valence-corrected chi connectivity index (χ2v) is 3.37. The van der Waals surface area contributed by atoms with Gasteiger partial charge >= 0.3 is 5.97 Å². The molecule has 1 rings (SSSR count). The van der Waals surface area contributed by atoms with Gasteiger partial charge in [-0.3, -0.25) is 9.59 Å². The molecule has 0 unspecified atom stereocenters. The van der Waals surface area contributed by atoms with E-state index in [9.17, 15) is 9.59 Å². The summed E-state index contributed by atoms with van der Waals surface area (Å²) in [6.45, 7) is 1.53. The van der Waals surface area contributed by atoms with Crippen molar-refractivity contribution in [3.63, 3.8) is 0 Å². The van der Waals surface area contributed by atoms with E-state index < -0.39 is 5.97 Å². The average molecular weight is 253 g/mol. The second-order valence-electron chi connectivity index (χ2n) is 3.37. The third-order valence-electron chi connectivity index (χ3n) is 1.93. The van der Waals surface area contributed by atoms with Crippen molar-refractivity contribution in [1.82, 2.24) is 5.59 Å². The van der Waals surface area contributed by atoms with Crippen LogP contribution in [0, 0.1) is 0 Å². The van der Waals surface area contributed by atoms with E-state index in [-0.39, 0.29) is 18.9 Å². The first-order valence-corrected chi connectivity index (χ1v) is 5.28. The Morgan fingerprint density at radius 3 is 2.72 bits per heavy atom. The minimum absolute atomic E-state index is 0.0403. The number of nitrogens with one attached hydrogen (secondary N) is 2. The molecule has 0 aliphatic carbocycles. The number of carbonyl (C=O) groups excluding carboxylic acids is 2. The maximum atomic E-state index is 11.0. The van der Waals surface area contributed by atoms with Crippen molar-refractivity contribution < 1.29 is 19.2 Å². The van der Waals surface area contributed by atoms with Gasteiger partial charge in [-0.05, 0) is 12.1 Å². The van der Waals surface area contributed by atoms with Crippen LogP contribution in [0.15, 0.2) is 24.3 Å². The van der Waals surface area contributed by atoms with Gasteiger partial charge in [-0.2, -0.15) is 0 Å². The van der Waals surface area contributed by atoms with Crippen molar-refractivity contribution in [2.45, 2.75) is 13.3 Å². The summed E-state index contributed by atoms with van der Waals surface area (Å²) in [5.74, 6) is 4.57. The van der Waals surface area contributed by atoms with E-state index in [4.69, 9.17) is 10.6 Å². The molecular formula is C11H15N3O4. The summed E-state index contributed by atoms with van der Waals surface area (Å²) < 4.78 is 5.37. The number of amides is 1. The predicted octanol–water partition coefficient (Wildman–Crippen LogP) is 0.335. The molecule has 98 valence electrons. The first kappa shape index (κ1) is 13.9. The maximum Gasteiger partial charge on any atom is 0.329 e. The van der Waals surface area contributed by atoms with E-state index in [2.05, 4.69) is 10.2 Å². The Bertz CT molecular complexity index is 423. The van der Waals surface area contributed by atoms with Gasteiger partial charge in [0.25, 0.3) is 0 Å². The topological polar surface area (TPSA) is 103 Å². The lowest BCUT2D eigenvalue weighted by atomic mass is 10.3. The molecule has 0 heterocycles. The molecule has 0 bridgehead atoms. The number of anilines is 1. The fourth-order valence-corrected chi connectivity index (χ4v) is 1.25. The fraction of sp³-hybridized carbons (Fsp3) is 0.273. The summed E-state index contributed by atoms with van der Waals surface area (Å²) in [5, 5.41) is 2.62. The number of para-hydroxylation sites is 2. The van der Waals surface area contributed by atoms with Gasteiger partial charge in [0.05, 0.1) is 18.7 Å². The molecule has 0 aliphatic rings. The molecule has 0 spiro atoms. The van der Waals surface area contributed by atoms with Crippen molar-refractivity contribution in [3.8, 4) is 5.75 Å². The highest BCUT2D eigenvalue weighted by Gasteiger charge is 2.06. The lowest BCUT2D eigenvalue weighted by Crippen LogP contribution is -2.27. The molecule has 0 fully saturated rings. The molecule has 0 saturated carbocycles. The van der Waals surface area contributed by atoms with E-state index in [1.165, 1.54) is 6.92 Å². The molecule has 1 aromatic carbocycles. The molecule has 7 heteroatoms. The molecule has 7 nitrogen and oxygen atoms in total. The molecule has 1 aromatic rings. The third kappa shape index (κ3) is 4.81. The second kappa shape index (κ2) is 7.25. The van der Waals surface area contributed by atoms with Crippen LogP contribution >= 0.6 is 0 Å². The van der Waals surface area contributed by atoms with Gasteiger partial charge in [0, 0.05) is 6.92 Å². The number of ether oxygens (including phenoxy) is 1. The predicted molar refractivity (Wildman–Crippen MR) is 64.3 cm³/mol. The van der Waals surface area contributed by atoms with Crippen molar-refractivity contribution >= 4 is 17.6 Å². The smallest absolute Gasteiger partial charge is 0.329 e. The molecule has 0 aliphatic heterocycles. The molecular weight excluding hydrogens is 238 g/mol. The largest absolute Gasteiger partial charge is 0.491 e. The first-order chi connectivity index (χ1) is 8.63. The monoisotopic (exact) mass is 253 g/mol. The Morgan fingerprint density at radius 2 is 2.06 bits per heavy atom. The Morgan fingerprint density at radius 1 is 1.33 bits per heavy atom. The van der Waals surface area contributed by atoms with E-state index in [0.717, 1.165) is 0 Å². The van der Waals surface area contributed by atoms with Gasteiger partial charge in [-0.1, -0.05) is 17.7 Å². The highest BCUT2D eigenvalue weighted by molar-refractivity contribution is 5.90. The molecule has 4 N–H and O–H groups in total. The quantitative estimate of drug-likeness (QED) is 0.499. The zero-order valence-corrected chi connectivity index (χ0v) is 9.93. The average Bonchev–Trinajstić information content (AvgIpc) is 2.31. The highest BCUT2D eigenvalue weighted by atomic mass is 16.7. The van der Waals surface area contributed by atoms with Gasteiger partial charge in [0.15, 0.2) is 0 Å². The van der Waals surface area contributed by atoms with E-state index >= 15 is 0 Å². The van der Waals surface area contributed by atoms with Crippen LogP contribution < -0.4 is 21.5 Å². The number of benzene rings is 1. The minimum Gasteiger partial charge on any atom is -0.491 e. The SMILES string of the molecule is CC(=O)Nc1ccccc1OCCC(=O)ONN. The number of rotatable bonds is 6. The summed E-state index contributed by atoms with van der Waals surface area (Å²) in [6.07, 6.45) is 0.0403. The molecule has 1 amide bonds. The first-order valence-electron chi connectivity index (χ1n) is 5.28. The van der Waals surface area contributed by atoms with Crippen LogP contribution in [0.1, 0.15) is 13.3 Å². The van der Waals surface area contributed by atoms with E-state index in [0.29, 0.717) is 11.4 Å². The van der Waals surface area contributed by atoms with Crippen LogP contribution in [0.4, 0.5) is 5.69 Å². The van der Waals surface area contributed by atoms with Crippen LogP contribution in [-0.2, 0) is 14.4 Å². The van der Waals surface area contributed by atoms with E-state index in [1.807, 2.05) is 0 Å². The molecule has 0 aromatic heterocycles. The van der Waals surface area contributed by atoms with E-state index in [1.54, 1.807) is 29.9 Å². The summed E-state index contributed by atoms with van der Waals surface area (Å²) in [7, 11) is 0. The van der Waals surface area contributed by atoms with Crippen molar-refractivity contribution in [3.05, 3.63) is 24.3 Å². The minimum atomic E-state index is -0.533. The Kier molecular flexibility index (Phi) is 5.62. The summed E-state index contributed by atoms with van der Waals surface area (Å²) in [6, 6.07) is 6.93. The Balaban J connectivity index is 2.51. The third-order valence-corrected chi connectivity index (χ3v) is 1.93. The number of carbonyl (C=O) groups is 2. The van der Waals surface area contributed by atoms with Gasteiger partial charge in [-0.25, -0.2) is 5.84 Å². The van der Waals surface area contributed by atoms with Gasteiger partial charge < -0.3 is 14.9 Å². The van der Waals surface area contributed by atoms with Crippen molar-refractivity contribution in [1.29, 1.82) is 0 Å². The summed E-state index contributed by atoms with van der Waals surface area (Å²) in [5.41, 5.74) is 2.34. The normalized spacial score (nSPS) is 9.67. The van der Waals surface area contributed by atoms with Gasteiger partial charge in [0.2, 0.25) is 5.91 Å². The lowest BCUT2D eigenvalue weighted by Gasteiger charge is -2.10. The van der Waals surface area contributed by atoms with Gasteiger partial charge in [-0.15, -0.1) is 0 Å². The number of hydrogen-bond donors (Lipinski definition) is 3. The zero-order valence-electron chi connectivity index (χ0n) is 9.93. The highest BCUT2D eigenvalue weighted by Crippen LogP contribution is 2.23. The fourth-order valence-electron chi connectivity index (χ4n) is 1.25. The van der Waals surface area contributed by atoms with Crippen LogP contribution in [-0.4, -0.2) is 18.5 Å². The van der Waals surface area contributed by atoms with Crippen LogP contribution in [0.3, 0.4) is 0 Å². The molecule has 0 atom stereocenters. The lowest BCUT2D eigenvalue weighted by molar-refractivity contribution is -0.151. The zero-order chi connectivity index (χ0) is 13.4. The van der Waals surface area contributed by atoms with Crippen LogP contribution in [0.2, 0.25) is 0 Å². The number of hydrazine groups is 1. The van der Waals surface area contributed by atoms with Crippen LogP contribution in [0.25, 0.3) is 0 Å². The maximum absolute atomic E-state index is 11.0. The van der Waals surface area contributed by atoms with Crippen molar-refractivity contribution in [2.24, 2.45) is 5.84 Å². The number of hydrogen-bond acceptors (Lipinski definition) is 6. The molecule has 0 radical (unpaired) electrons. The molecule has 0 saturated heterocycles. The van der Waals surface area contributed by atoms with Crippen molar-refractivity contribution in [2.75, 3.05) is 11.9 Å². The Hall–Kier alpha value is -2.12. The van der Waals surface area contributed by atoms with Gasteiger partial charge in [0.1, 0.15) is 5.75 Å².